The van der Waals surface area contributed by atoms with Crippen molar-refractivity contribution in [2.24, 2.45) is 0 Å². The van der Waals surface area contributed by atoms with Crippen molar-refractivity contribution < 1.29 is 23.4 Å². The molecule has 2 aromatic carbocycles. The summed E-state index contributed by atoms with van der Waals surface area (Å²) in [6.45, 7) is 4.78. The fourth-order valence-electron chi connectivity index (χ4n) is 3.08. The number of carbonyl (C=O) groups is 1. The van der Waals surface area contributed by atoms with E-state index in [4.69, 9.17) is 4.74 Å². The van der Waals surface area contributed by atoms with Crippen LogP contribution in [0, 0.1) is 25.5 Å². The van der Waals surface area contributed by atoms with Crippen LogP contribution in [0.15, 0.2) is 45.7 Å². The number of carbonyl (C=O) groups excluding carboxylic acids is 1. The molecule has 2 N–H and O–H groups in total. The average molecular weight is 522 g/mol. The van der Waals surface area contributed by atoms with Crippen LogP contribution in [-0.4, -0.2) is 33.2 Å². The number of halogens is 3. The fraction of sp³-hybridized carbons (Fsp3) is 0.261. The smallest absolute Gasteiger partial charge is 0.276 e. The Bertz CT molecular complexity index is 1260. The number of hydrogen-bond donors (Lipinski definition) is 2. The molecule has 10 heteroatoms. The number of ether oxygens (including phenoxy) is 1. The van der Waals surface area contributed by atoms with E-state index < -0.39 is 29.2 Å². The Labute approximate surface area is 197 Å². The van der Waals surface area contributed by atoms with Crippen molar-refractivity contribution in [1.29, 1.82) is 0 Å². The Balaban J connectivity index is 1.93. The molecule has 3 rings (SSSR count). The fourth-order valence-corrected chi connectivity index (χ4v) is 3.46. The standard InChI is InChI=1S/C23H22BrF2N3O4/c1-12-4-5-15(21(31)27-10-13(2)30)8-19(12)29-14(3)28-22(20(24)23(29)32)33-11-16-6-7-17(25)9-18(16)26/h4-9,13,30H,10-11H2,1-3H3,(H,27,31)/t13-/m0/s1. The van der Waals surface area contributed by atoms with E-state index in [0.29, 0.717) is 11.3 Å². The minimum absolute atomic E-state index is 0.0129. The molecule has 33 heavy (non-hydrogen) atoms. The molecule has 0 aliphatic rings. The Morgan fingerprint density at radius 2 is 1.97 bits per heavy atom. The second-order valence-corrected chi connectivity index (χ2v) is 8.30. The summed E-state index contributed by atoms with van der Waals surface area (Å²) < 4.78 is 33.8. The molecule has 3 aromatic rings. The van der Waals surface area contributed by atoms with Crippen LogP contribution < -0.4 is 15.6 Å². The number of nitrogens with zero attached hydrogens (tertiary/aromatic N) is 2. The lowest BCUT2D eigenvalue weighted by Gasteiger charge is -2.16. The van der Waals surface area contributed by atoms with E-state index in [-0.39, 0.29) is 34.9 Å². The van der Waals surface area contributed by atoms with Gasteiger partial charge in [0.2, 0.25) is 5.88 Å². The normalized spacial score (nSPS) is 11.8. The largest absolute Gasteiger partial charge is 0.472 e. The van der Waals surface area contributed by atoms with Crippen molar-refractivity contribution in [2.75, 3.05) is 6.54 Å². The van der Waals surface area contributed by atoms with E-state index in [0.717, 1.165) is 17.7 Å². The molecule has 1 amide bonds. The molecule has 0 bridgehead atoms. The first-order chi connectivity index (χ1) is 15.6. The molecule has 0 radical (unpaired) electrons. The molecule has 0 spiro atoms. The van der Waals surface area contributed by atoms with Gasteiger partial charge in [0.25, 0.3) is 11.5 Å². The summed E-state index contributed by atoms with van der Waals surface area (Å²) in [5.74, 6) is -1.62. The Kier molecular flexibility index (Phi) is 7.60. The van der Waals surface area contributed by atoms with E-state index in [2.05, 4.69) is 26.2 Å². The molecule has 0 aliphatic heterocycles. The highest BCUT2D eigenvalue weighted by Gasteiger charge is 2.18. The Hall–Kier alpha value is -3.11. The van der Waals surface area contributed by atoms with Gasteiger partial charge in [-0.25, -0.2) is 8.78 Å². The molecular weight excluding hydrogens is 500 g/mol. The van der Waals surface area contributed by atoms with Gasteiger partial charge in [0.15, 0.2) is 0 Å². The molecule has 0 saturated heterocycles. The number of hydrogen-bond acceptors (Lipinski definition) is 5. The predicted molar refractivity (Wildman–Crippen MR) is 122 cm³/mol. The van der Waals surface area contributed by atoms with E-state index in [1.807, 2.05) is 0 Å². The highest BCUT2D eigenvalue weighted by Crippen LogP contribution is 2.24. The van der Waals surface area contributed by atoms with Crippen molar-refractivity contribution >= 4 is 21.8 Å². The van der Waals surface area contributed by atoms with Crippen LogP contribution in [0.25, 0.3) is 5.69 Å². The predicted octanol–water partition coefficient (Wildman–Crippen LogP) is 3.58. The third kappa shape index (κ3) is 5.63. The van der Waals surface area contributed by atoms with Gasteiger partial charge in [0.05, 0.1) is 11.8 Å². The lowest BCUT2D eigenvalue weighted by Crippen LogP contribution is -2.31. The highest BCUT2D eigenvalue weighted by molar-refractivity contribution is 9.10. The summed E-state index contributed by atoms with van der Waals surface area (Å²) in [6.07, 6.45) is -0.695. The van der Waals surface area contributed by atoms with Gasteiger partial charge in [-0.2, -0.15) is 4.98 Å². The summed E-state index contributed by atoms with van der Waals surface area (Å²) in [5.41, 5.74) is 1.11. The first-order valence-electron chi connectivity index (χ1n) is 10.0. The molecule has 0 unspecified atom stereocenters. The maximum Gasteiger partial charge on any atom is 0.276 e. The van der Waals surface area contributed by atoms with E-state index in [1.165, 1.54) is 10.6 Å². The summed E-state index contributed by atoms with van der Waals surface area (Å²) in [6, 6.07) is 7.99. The first kappa shape index (κ1) is 24.5. The monoisotopic (exact) mass is 521 g/mol. The lowest BCUT2D eigenvalue weighted by molar-refractivity contribution is 0.0924. The number of aryl methyl sites for hydroxylation is 2. The molecule has 1 atom stereocenters. The summed E-state index contributed by atoms with van der Waals surface area (Å²) in [4.78, 5) is 29.8. The zero-order chi connectivity index (χ0) is 24.3. The van der Waals surface area contributed by atoms with Gasteiger partial charge in [-0.05, 0) is 66.5 Å². The van der Waals surface area contributed by atoms with Crippen LogP contribution in [0.5, 0.6) is 5.88 Å². The average Bonchev–Trinajstić information content (AvgIpc) is 2.75. The molecule has 1 aromatic heterocycles. The molecule has 174 valence electrons. The molecule has 7 nitrogen and oxygen atoms in total. The Morgan fingerprint density at radius 1 is 1.24 bits per heavy atom. The van der Waals surface area contributed by atoms with Crippen LogP contribution in [0.2, 0.25) is 0 Å². The van der Waals surface area contributed by atoms with Crippen LogP contribution in [0.3, 0.4) is 0 Å². The van der Waals surface area contributed by atoms with Crippen molar-refractivity contribution in [3.63, 3.8) is 0 Å². The number of nitrogens with one attached hydrogen (secondary N) is 1. The number of aliphatic hydroxyl groups is 1. The topological polar surface area (TPSA) is 93.5 Å². The van der Waals surface area contributed by atoms with E-state index >= 15 is 0 Å². The quantitative estimate of drug-likeness (QED) is 0.495. The number of benzene rings is 2. The van der Waals surface area contributed by atoms with Gasteiger partial charge in [-0.15, -0.1) is 0 Å². The van der Waals surface area contributed by atoms with Crippen LogP contribution >= 0.6 is 15.9 Å². The van der Waals surface area contributed by atoms with Gasteiger partial charge in [0.1, 0.15) is 28.5 Å². The van der Waals surface area contributed by atoms with Gasteiger partial charge >= 0.3 is 0 Å². The molecule has 0 saturated carbocycles. The molecule has 1 heterocycles. The zero-order valence-corrected chi connectivity index (χ0v) is 19.7. The van der Waals surface area contributed by atoms with Gasteiger partial charge in [0, 0.05) is 23.7 Å². The molecular formula is C23H22BrF2N3O4. The van der Waals surface area contributed by atoms with Gasteiger partial charge < -0.3 is 15.2 Å². The number of rotatable bonds is 7. The minimum atomic E-state index is -0.766. The molecule has 0 fully saturated rings. The minimum Gasteiger partial charge on any atom is -0.472 e. The third-order valence-corrected chi connectivity index (χ3v) is 5.49. The SMILES string of the molecule is Cc1ccc(C(=O)NC[C@H](C)O)cc1-n1c(C)nc(OCc2ccc(F)cc2F)c(Br)c1=O. The van der Waals surface area contributed by atoms with E-state index in [1.54, 1.807) is 39.0 Å². The van der Waals surface area contributed by atoms with Gasteiger partial charge in [-0.3, -0.25) is 14.2 Å². The van der Waals surface area contributed by atoms with Crippen LogP contribution in [0.4, 0.5) is 8.78 Å². The lowest BCUT2D eigenvalue weighted by atomic mass is 10.1. The maximum atomic E-state index is 13.9. The third-order valence-electron chi connectivity index (χ3n) is 4.82. The highest BCUT2D eigenvalue weighted by atomic mass is 79.9. The van der Waals surface area contributed by atoms with Crippen molar-refractivity contribution in [1.82, 2.24) is 14.9 Å². The van der Waals surface area contributed by atoms with Gasteiger partial charge in [-0.1, -0.05) is 6.07 Å². The maximum absolute atomic E-state index is 13.9. The van der Waals surface area contributed by atoms with Crippen molar-refractivity contribution in [2.45, 2.75) is 33.5 Å². The van der Waals surface area contributed by atoms with Crippen LogP contribution in [-0.2, 0) is 6.61 Å². The van der Waals surface area contributed by atoms with Crippen molar-refractivity contribution in [3.8, 4) is 11.6 Å². The van der Waals surface area contributed by atoms with Crippen molar-refractivity contribution in [3.05, 3.63) is 85.4 Å². The summed E-state index contributed by atoms with van der Waals surface area (Å²) in [5, 5.41) is 12.0. The number of aliphatic hydroxyl groups excluding tert-OH is 1. The summed E-state index contributed by atoms with van der Waals surface area (Å²) in [7, 11) is 0. The zero-order valence-electron chi connectivity index (χ0n) is 18.2. The summed E-state index contributed by atoms with van der Waals surface area (Å²) >= 11 is 3.20. The first-order valence-corrected chi connectivity index (χ1v) is 10.8. The Morgan fingerprint density at radius 3 is 2.64 bits per heavy atom. The van der Waals surface area contributed by atoms with Crippen LogP contribution in [0.1, 0.15) is 34.2 Å². The number of aromatic nitrogens is 2. The molecule has 0 aliphatic carbocycles. The number of amides is 1. The van der Waals surface area contributed by atoms with E-state index in [9.17, 15) is 23.5 Å². The second kappa shape index (κ2) is 10.2. The second-order valence-electron chi connectivity index (χ2n) is 7.50.